The fourth-order valence-corrected chi connectivity index (χ4v) is 2.34. The van der Waals surface area contributed by atoms with Crippen LogP contribution < -0.4 is 5.73 Å². The Hall–Kier alpha value is -0.610. The topological polar surface area (TPSA) is 49.6 Å². The Morgan fingerprint density at radius 1 is 1.47 bits per heavy atom. The summed E-state index contributed by atoms with van der Waals surface area (Å²) in [6.07, 6.45) is 3.23. The maximum absolute atomic E-state index is 11.4. The average molecular weight is 211 g/mol. The molecular formula is C11H21N3O. The molecule has 1 heterocycles. The van der Waals surface area contributed by atoms with Crippen molar-refractivity contribution in [1.82, 2.24) is 9.80 Å². The molecule has 2 aliphatic rings. The Bertz CT molecular complexity index is 255. The van der Waals surface area contributed by atoms with Crippen LogP contribution in [-0.4, -0.2) is 55.0 Å². The Balaban J connectivity index is 1.65. The van der Waals surface area contributed by atoms with Crippen LogP contribution in [0.5, 0.6) is 0 Å². The highest BCUT2D eigenvalue weighted by atomic mass is 16.2. The zero-order valence-corrected chi connectivity index (χ0v) is 9.70. The molecule has 1 saturated carbocycles. The van der Waals surface area contributed by atoms with Crippen LogP contribution in [0.25, 0.3) is 0 Å². The third-order valence-corrected chi connectivity index (χ3v) is 3.57. The second-order valence-corrected chi connectivity index (χ2v) is 5.26. The van der Waals surface area contributed by atoms with Gasteiger partial charge in [0.15, 0.2) is 0 Å². The maximum atomic E-state index is 11.4. The van der Waals surface area contributed by atoms with Crippen LogP contribution in [0.15, 0.2) is 0 Å². The molecule has 0 spiro atoms. The minimum atomic E-state index is 0.0845. The fourth-order valence-electron chi connectivity index (χ4n) is 2.34. The van der Waals surface area contributed by atoms with Gasteiger partial charge in [0.25, 0.3) is 0 Å². The summed E-state index contributed by atoms with van der Waals surface area (Å²) in [4.78, 5) is 15.3. The van der Waals surface area contributed by atoms with Crippen molar-refractivity contribution in [2.24, 2.45) is 11.7 Å². The molecule has 0 aromatic carbocycles. The van der Waals surface area contributed by atoms with Gasteiger partial charge in [-0.2, -0.15) is 0 Å². The monoisotopic (exact) mass is 211 g/mol. The molecular weight excluding hydrogens is 190 g/mol. The fraction of sp³-hybridized carbons (Fsp3) is 0.909. The highest BCUT2D eigenvalue weighted by Crippen LogP contribution is 2.42. The van der Waals surface area contributed by atoms with Crippen molar-refractivity contribution in [2.45, 2.75) is 24.8 Å². The molecule has 4 nitrogen and oxygen atoms in total. The van der Waals surface area contributed by atoms with Crippen LogP contribution in [0.2, 0.25) is 0 Å². The van der Waals surface area contributed by atoms with Gasteiger partial charge < -0.3 is 10.6 Å². The molecule has 1 amide bonds. The van der Waals surface area contributed by atoms with E-state index in [4.69, 9.17) is 5.73 Å². The molecule has 2 fully saturated rings. The molecule has 0 atom stereocenters. The summed E-state index contributed by atoms with van der Waals surface area (Å²) >= 11 is 0. The first-order chi connectivity index (χ1) is 7.01. The number of amides is 1. The van der Waals surface area contributed by atoms with E-state index in [1.165, 1.54) is 12.8 Å². The largest absolute Gasteiger partial charge is 0.349 e. The molecule has 0 bridgehead atoms. The maximum Gasteiger partial charge on any atom is 0.223 e. The SMILES string of the molecule is CN(C)C(=O)CCN1CC(N)(C2CC2)C1. The van der Waals surface area contributed by atoms with Gasteiger partial charge in [0.2, 0.25) is 5.91 Å². The van der Waals surface area contributed by atoms with Crippen molar-refractivity contribution >= 4 is 5.91 Å². The van der Waals surface area contributed by atoms with Gasteiger partial charge in [0.05, 0.1) is 0 Å². The number of rotatable bonds is 4. The van der Waals surface area contributed by atoms with Gasteiger partial charge in [-0.1, -0.05) is 0 Å². The van der Waals surface area contributed by atoms with Crippen molar-refractivity contribution in [1.29, 1.82) is 0 Å². The zero-order valence-electron chi connectivity index (χ0n) is 9.70. The van der Waals surface area contributed by atoms with Gasteiger partial charge in [-0.3, -0.25) is 9.69 Å². The molecule has 86 valence electrons. The highest BCUT2D eigenvalue weighted by Gasteiger charge is 2.49. The van der Waals surface area contributed by atoms with E-state index < -0.39 is 0 Å². The first kappa shape index (κ1) is 10.9. The lowest BCUT2D eigenvalue weighted by Crippen LogP contribution is -2.68. The molecule has 4 heteroatoms. The number of hydrogen-bond acceptors (Lipinski definition) is 3. The number of carbonyl (C=O) groups excluding carboxylic acids is 1. The minimum Gasteiger partial charge on any atom is -0.349 e. The summed E-state index contributed by atoms with van der Waals surface area (Å²) in [5.74, 6) is 0.967. The second-order valence-electron chi connectivity index (χ2n) is 5.26. The van der Waals surface area contributed by atoms with Gasteiger partial charge in [0, 0.05) is 45.7 Å². The molecule has 1 saturated heterocycles. The van der Waals surface area contributed by atoms with E-state index in [2.05, 4.69) is 4.90 Å². The van der Waals surface area contributed by atoms with Crippen LogP contribution in [-0.2, 0) is 4.79 Å². The van der Waals surface area contributed by atoms with Gasteiger partial charge in [-0.25, -0.2) is 0 Å². The van der Waals surface area contributed by atoms with Crippen molar-refractivity contribution in [3.05, 3.63) is 0 Å². The standard InChI is InChI=1S/C11H21N3O/c1-13(2)10(15)5-6-14-7-11(12,8-14)9-3-4-9/h9H,3-8,12H2,1-2H3. The molecule has 15 heavy (non-hydrogen) atoms. The van der Waals surface area contributed by atoms with Crippen LogP contribution in [0, 0.1) is 5.92 Å². The molecule has 0 unspecified atom stereocenters. The van der Waals surface area contributed by atoms with E-state index in [0.717, 1.165) is 25.6 Å². The lowest BCUT2D eigenvalue weighted by Gasteiger charge is -2.48. The van der Waals surface area contributed by atoms with Crippen molar-refractivity contribution in [3.8, 4) is 0 Å². The summed E-state index contributed by atoms with van der Waals surface area (Å²) in [6, 6.07) is 0. The molecule has 2 rings (SSSR count). The molecule has 1 aliphatic heterocycles. The molecule has 0 radical (unpaired) electrons. The molecule has 2 N–H and O–H groups in total. The number of likely N-dealkylation sites (tertiary alicyclic amines) is 1. The van der Waals surface area contributed by atoms with Crippen LogP contribution in [0.4, 0.5) is 0 Å². The van der Waals surface area contributed by atoms with Gasteiger partial charge >= 0.3 is 0 Å². The van der Waals surface area contributed by atoms with Crippen LogP contribution in [0.1, 0.15) is 19.3 Å². The Kier molecular flexibility index (Phi) is 2.73. The average Bonchev–Trinajstić information content (AvgIpc) is 2.92. The first-order valence-electron chi connectivity index (χ1n) is 5.73. The van der Waals surface area contributed by atoms with Crippen LogP contribution >= 0.6 is 0 Å². The summed E-state index contributed by atoms with van der Waals surface area (Å²) in [6.45, 7) is 2.83. The number of nitrogens with zero attached hydrogens (tertiary/aromatic N) is 2. The normalized spacial score (nSPS) is 24.7. The van der Waals surface area contributed by atoms with Gasteiger partial charge in [-0.15, -0.1) is 0 Å². The first-order valence-corrected chi connectivity index (χ1v) is 5.73. The summed E-state index contributed by atoms with van der Waals surface area (Å²) in [7, 11) is 3.60. The zero-order chi connectivity index (χ0) is 11.1. The molecule has 0 aromatic heterocycles. The highest BCUT2D eigenvalue weighted by molar-refractivity contribution is 5.75. The predicted octanol–water partition coefficient (Wildman–Crippen LogP) is -0.112. The minimum absolute atomic E-state index is 0.0845. The lowest BCUT2D eigenvalue weighted by molar-refractivity contribution is -0.129. The van der Waals surface area contributed by atoms with Crippen molar-refractivity contribution < 1.29 is 4.79 Å². The Morgan fingerprint density at radius 3 is 2.53 bits per heavy atom. The third kappa shape index (κ3) is 2.32. The van der Waals surface area contributed by atoms with Gasteiger partial charge in [-0.05, 0) is 18.8 Å². The third-order valence-electron chi connectivity index (χ3n) is 3.57. The van der Waals surface area contributed by atoms with E-state index in [1.807, 2.05) is 0 Å². The Labute approximate surface area is 91.4 Å². The molecule has 0 aromatic rings. The van der Waals surface area contributed by atoms with Crippen molar-refractivity contribution in [3.63, 3.8) is 0 Å². The van der Waals surface area contributed by atoms with Crippen molar-refractivity contribution in [2.75, 3.05) is 33.7 Å². The van der Waals surface area contributed by atoms with E-state index in [9.17, 15) is 4.79 Å². The van der Waals surface area contributed by atoms with Gasteiger partial charge in [0.1, 0.15) is 0 Å². The summed E-state index contributed by atoms with van der Waals surface area (Å²) in [5.41, 5.74) is 6.31. The number of hydrogen-bond donors (Lipinski definition) is 1. The number of carbonyl (C=O) groups is 1. The second kappa shape index (κ2) is 3.76. The lowest BCUT2D eigenvalue weighted by atomic mass is 9.85. The van der Waals surface area contributed by atoms with E-state index >= 15 is 0 Å². The quantitative estimate of drug-likeness (QED) is 0.706. The Morgan fingerprint density at radius 2 is 2.07 bits per heavy atom. The smallest absolute Gasteiger partial charge is 0.223 e. The summed E-state index contributed by atoms with van der Waals surface area (Å²) < 4.78 is 0. The summed E-state index contributed by atoms with van der Waals surface area (Å²) in [5, 5.41) is 0. The number of nitrogens with two attached hydrogens (primary N) is 1. The van der Waals surface area contributed by atoms with E-state index in [-0.39, 0.29) is 11.4 Å². The van der Waals surface area contributed by atoms with E-state index in [0.29, 0.717) is 6.42 Å². The van der Waals surface area contributed by atoms with E-state index in [1.54, 1.807) is 19.0 Å². The van der Waals surface area contributed by atoms with Crippen LogP contribution in [0.3, 0.4) is 0 Å². The molecule has 1 aliphatic carbocycles. The predicted molar refractivity (Wildman–Crippen MR) is 59.4 cm³/mol.